The topological polar surface area (TPSA) is 64.5 Å². The molecule has 0 aromatic heterocycles. The van der Waals surface area contributed by atoms with Gasteiger partial charge in [0.2, 0.25) is 0 Å². The van der Waals surface area contributed by atoms with Crippen LogP contribution in [0.5, 0.6) is 11.5 Å². The van der Waals surface area contributed by atoms with Crippen LogP contribution >= 0.6 is 0 Å². The summed E-state index contributed by atoms with van der Waals surface area (Å²) in [4.78, 5) is 0. The third kappa shape index (κ3) is 4.22. The van der Waals surface area contributed by atoms with E-state index in [0.29, 0.717) is 44.3 Å². The van der Waals surface area contributed by atoms with Gasteiger partial charge in [0, 0.05) is 6.42 Å². The first-order valence-corrected chi connectivity index (χ1v) is 10.7. The second kappa shape index (κ2) is 8.44. The van der Waals surface area contributed by atoms with Crippen molar-refractivity contribution in [3.63, 3.8) is 0 Å². The van der Waals surface area contributed by atoms with Crippen molar-refractivity contribution >= 4 is 0 Å². The van der Waals surface area contributed by atoms with Crippen molar-refractivity contribution in [1.82, 2.24) is 0 Å². The molecule has 154 valence electrons. The van der Waals surface area contributed by atoms with Crippen LogP contribution in [0.1, 0.15) is 32.3 Å². The number of nitrogens with two attached hydrogens (primary N) is 1. The molecule has 1 fully saturated rings. The molecule has 1 saturated carbocycles. The van der Waals surface area contributed by atoms with Gasteiger partial charge in [-0.25, -0.2) is 0 Å². The van der Waals surface area contributed by atoms with Crippen LogP contribution in [-0.2, 0) is 11.2 Å². The molecular formula is C23H34NO4+. The predicted molar refractivity (Wildman–Crippen MR) is 108 cm³/mol. The fraction of sp³-hybridized carbons (Fsp3) is 0.652. The van der Waals surface area contributed by atoms with Crippen LogP contribution in [0.2, 0.25) is 0 Å². The standard InChI is InChI=1S/C23H33NO4/c1-23(2)18-5-4-17(20(23)12-18)14-26-15-19(25)13-24-8-7-16-3-6-21-22(11-16)28-10-9-27-21/h3-4,6,11,18-20,24-25H,5,7-10,12-15H2,1-2H3/p+1/t18-,19-,20-/m1/s1. The summed E-state index contributed by atoms with van der Waals surface area (Å²) < 4.78 is 17.0. The number of rotatable bonds is 9. The first-order valence-electron chi connectivity index (χ1n) is 10.7. The summed E-state index contributed by atoms with van der Waals surface area (Å²) in [5.41, 5.74) is 3.12. The number of allylic oxidation sites excluding steroid dienone is 1. The van der Waals surface area contributed by atoms with E-state index in [1.807, 2.05) is 6.07 Å². The Kier molecular flexibility index (Phi) is 5.95. The predicted octanol–water partition coefficient (Wildman–Crippen LogP) is 1.93. The van der Waals surface area contributed by atoms with E-state index in [1.165, 1.54) is 24.0 Å². The average molecular weight is 389 g/mol. The molecule has 0 saturated heterocycles. The Morgan fingerprint density at radius 2 is 2.07 bits per heavy atom. The molecule has 0 amide bonds. The van der Waals surface area contributed by atoms with Gasteiger partial charge >= 0.3 is 0 Å². The number of hydrogen-bond acceptors (Lipinski definition) is 4. The lowest BCUT2D eigenvalue weighted by Gasteiger charge is -2.56. The van der Waals surface area contributed by atoms with Crippen molar-refractivity contribution in [1.29, 1.82) is 0 Å². The van der Waals surface area contributed by atoms with Gasteiger partial charge in [-0.2, -0.15) is 0 Å². The Morgan fingerprint density at radius 3 is 2.86 bits per heavy atom. The molecule has 1 aliphatic heterocycles. The zero-order chi connectivity index (χ0) is 19.6. The van der Waals surface area contributed by atoms with Gasteiger partial charge in [-0.1, -0.05) is 26.0 Å². The van der Waals surface area contributed by atoms with Gasteiger partial charge < -0.3 is 24.6 Å². The summed E-state index contributed by atoms with van der Waals surface area (Å²) in [5.74, 6) is 3.22. The molecule has 4 aliphatic rings. The molecule has 1 aromatic carbocycles. The molecule has 5 heteroatoms. The number of aliphatic hydroxyl groups is 1. The molecule has 0 spiro atoms. The Morgan fingerprint density at radius 1 is 1.25 bits per heavy atom. The lowest BCUT2D eigenvalue weighted by Crippen LogP contribution is -2.87. The van der Waals surface area contributed by atoms with Crippen molar-refractivity contribution in [3.05, 3.63) is 35.4 Å². The van der Waals surface area contributed by atoms with E-state index < -0.39 is 6.10 Å². The first-order chi connectivity index (χ1) is 13.5. The van der Waals surface area contributed by atoms with E-state index in [2.05, 4.69) is 37.4 Å². The van der Waals surface area contributed by atoms with Gasteiger partial charge in [-0.15, -0.1) is 0 Å². The Labute approximate surface area is 168 Å². The molecule has 0 radical (unpaired) electrons. The van der Waals surface area contributed by atoms with Gasteiger partial charge in [0.15, 0.2) is 11.5 Å². The summed E-state index contributed by atoms with van der Waals surface area (Å²) in [7, 11) is 0. The third-order valence-electron chi connectivity index (χ3n) is 6.84. The molecular weight excluding hydrogens is 354 g/mol. The second-order valence-electron chi connectivity index (χ2n) is 9.03. The maximum absolute atomic E-state index is 10.2. The Hall–Kier alpha value is -1.56. The highest BCUT2D eigenvalue weighted by Crippen LogP contribution is 2.59. The van der Waals surface area contributed by atoms with Crippen LogP contribution in [0.3, 0.4) is 0 Å². The van der Waals surface area contributed by atoms with E-state index in [0.717, 1.165) is 30.4 Å². The Bertz CT molecular complexity index is 715. The monoisotopic (exact) mass is 388 g/mol. The molecule has 3 aliphatic carbocycles. The Balaban J connectivity index is 1.11. The highest BCUT2D eigenvalue weighted by atomic mass is 16.6. The number of quaternary nitrogens is 1. The van der Waals surface area contributed by atoms with E-state index in [4.69, 9.17) is 14.2 Å². The van der Waals surface area contributed by atoms with Crippen LogP contribution in [0.4, 0.5) is 0 Å². The van der Waals surface area contributed by atoms with E-state index >= 15 is 0 Å². The molecule has 3 N–H and O–H groups in total. The largest absolute Gasteiger partial charge is 0.486 e. The number of fused-ring (bicyclic) bond motifs is 2. The van der Waals surface area contributed by atoms with Gasteiger partial charge in [0.25, 0.3) is 0 Å². The zero-order valence-corrected chi connectivity index (χ0v) is 17.2. The second-order valence-corrected chi connectivity index (χ2v) is 9.03. The fourth-order valence-electron chi connectivity index (χ4n) is 4.84. The van der Waals surface area contributed by atoms with Crippen molar-refractivity contribution in [2.75, 3.05) is 39.5 Å². The minimum Gasteiger partial charge on any atom is -0.486 e. The van der Waals surface area contributed by atoms with Gasteiger partial charge in [0.05, 0.1) is 19.8 Å². The number of hydrogen-bond donors (Lipinski definition) is 2. The fourth-order valence-corrected chi connectivity index (χ4v) is 4.84. The van der Waals surface area contributed by atoms with Crippen LogP contribution in [-0.4, -0.2) is 50.7 Å². The average Bonchev–Trinajstić information content (AvgIpc) is 2.71. The smallest absolute Gasteiger partial charge is 0.161 e. The highest BCUT2D eigenvalue weighted by molar-refractivity contribution is 5.43. The number of aliphatic hydroxyl groups excluding tert-OH is 1. The highest BCUT2D eigenvalue weighted by Gasteiger charge is 2.50. The minimum absolute atomic E-state index is 0.411. The maximum Gasteiger partial charge on any atom is 0.161 e. The van der Waals surface area contributed by atoms with E-state index in [-0.39, 0.29) is 0 Å². The molecule has 3 atom stereocenters. The molecule has 1 heterocycles. The lowest BCUT2D eigenvalue weighted by atomic mass is 9.49. The van der Waals surface area contributed by atoms with Crippen LogP contribution in [0.15, 0.2) is 29.8 Å². The summed E-state index contributed by atoms with van der Waals surface area (Å²) in [6.45, 7) is 8.68. The van der Waals surface area contributed by atoms with Crippen LogP contribution < -0.4 is 14.8 Å². The molecule has 1 aromatic rings. The molecule has 2 bridgehead atoms. The first kappa shape index (κ1) is 19.7. The maximum atomic E-state index is 10.2. The van der Waals surface area contributed by atoms with Crippen molar-refractivity contribution < 1.29 is 24.6 Å². The zero-order valence-electron chi connectivity index (χ0n) is 17.2. The van der Waals surface area contributed by atoms with Gasteiger partial charge in [-0.3, -0.25) is 0 Å². The van der Waals surface area contributed by atoms with Gasteiger partial charge in [0.1, 0.15) is 25.9 Å². The summed E-state index contributed by atoms with van der Waals surface area (Å²) in [6, 6.07) is 6.13. The van der Waals surface area contributed by atoms with E-state index in [9.17, 15) is 5.11 Å². The number of benzene rings is 1. The van der Waals surface area contributed by atoms with Crippen molar-refractivity contribution in [2.24, 2.45) is 17.3 Å². The van der Waals surface area contributed by atoms with E-state index in [1.54, 1.807) is 0 Å². The minimum atomic E-state index is -0.424. The molecule has 5 nitrogen and oxygen atoms in total. The van der Waals surface area contributed by atoms with Crippen LogP contribution in [0, 0.1) is 17.3 Å². The SMILES string of the molecule is CC1(C)[C@@H]2CC=C(COC[C@H](O)C[NH2+]CCc3ccc4c(c3)OCCO4)[C@H]1C2. The lowest BCUT2D eigenvalue weighted by molar-refractivity contribution is -0.660. The summed E-state index contributed by atoms with van der Waals surface area (Å²) in [6.07, 6.45) is 5.40. The van der Waals surface area contributed by atoms with Crippen molar-refractivity contribution in [3.8, 4) is 11.5 Å². The third-order valence-corrected chi connectivity index (χ3v) is 6.84. The van der Waals surface area contributed by atoms with Crippen molar-refractivity contribution in [2.45, 2.75) is 39.2 Å². The van der Waals surface area contributed by atoms with Crippen LogP contribution in [0.25, 0.3) is 0 Å². The normalized spacial score (nSPS) is 25.6. The van der Waals surface area contributed by atoms with Gasteiger partial charge in [-0.05, 0) is 53.4 Å². The molecule has 5 rings (SSSR count). The molecule has 0 unspecified atom stereocenters. The summed E-state index contributed by atoms with van der Waals surface area (Å²) >= 11 is 0. The number of ether oxygens (including phenoxy) is 3. The summed E-state index contributed by atoms with van der Waals surface area (Å²) in [5, 5.41) is 12.4. The quantitative estimate of drug-likeness (QED) is 0.501. The molecule has 28 heavy (non-hydrogen) atoms.